The van der Waals surface area contributed by atoms with E-state index in [1.165, 1.54) is 7.11 Å². The number of methoxy groups -OCH3 is 1. The van der Waals surface area contributed by atoms with Crippen molar-refractivity contribution in [2.45, 2.75) is 6.42 Å². The van der Waals surface area contributed by atoms with Gasteiger partial charge in [0, 0.05) is 24.3 Å². The summed E-state index contributed by atoms with van der Waals surface area (Å²) in [5.41, 5.74) is 6.98. The summed E-state index contributed by atoms with van der Waals surface area (Å²) in [6, 6.07) is 7.05. The number of ether oxygens (including phenoxy) is 1. The van der Waals surface area contributed by atoms with Crippen molar-refractivity contribution in [3.05, 3.63) is 24.3 Å². The molecule has 1 aliphatic rings. The second-order valence-corrected chi connectivity index (χ2v) is 4.02. The van der Waals surface area contributed by atoms with Gasteiger partial charge in [0.05, 0.1) is 13.0 Å². The Hall–Kier alpha value is -2.04. The van der Waals surface area contributed by atoms with E-state index in [1.807, 2.05) is 0 Å². The minimum absolute atomic E-state index is 0.0778. The number of rotatable bonds is 2. The van der Waals surface area contributed by atoms with Crippen LogP contribution < -0.4 is 10.6 Å². The molecular formula is C12H14N2O3. The lowest BCUT2D eigenvalue weighted by Crippen LogP contribution is -2.26. The lowest BCUT2D eigenvalue weighted by atomic mass is 10.1. The minimum Gasteiger partial charge on any atom is -0.469 e. The van der Waals surface area contributed by atoms with Crippen LogP contribution in [0.15, 0.2) is 24.3 Å². The molecule has 2 N–H and O–H groups in total. The van der Waals surface area contributed by atoms with Gasteiger partial charge in [-0.15, -0.1) is 0 Å². The fourth-order valence-corrected chi connectivity index (χ4v) is 1.97. The molecule has 0 unspecified atom stereocenters. The highest BCUT2D eigenvalue weighted by molar-refractivity contribution is 5.99. The molecule has 1 fully saturated rings. The van der Waals surface area contributed by atoms with E-state index >= 15 is 0 Å². The van der Waals surface area contributed by atoms with Crippen LogP contribution in [0.3, 0.4) is 0 Å². The van der Waals surface area contributed by atoms with Gasteiger partial charge in [-0.1, -0.05) is 6.07 Å². The average Bonchev–Trinajstić information content (AvgIpc) is 2.70. The number of benzene rings is 1. The quantitative estimate of drug-likeness (QED) is 0.606. The van der Waals surface area contributed by atoms with Gasteiger partial charge < -0.3 is 15.4 Å². The molecule has 0 aliphatic carbocycles. The van der Waals surface area contributed by atoms with Crippen LogP contribution in [0, 0.1) is 5.92 Å². The molecule has 1 heterocycles. The van der Waals surface area contributed by atoms with Crippen molar-refractivity contribution < 1.29 is 14.3 Å². The Bertz CT molecular complexity index is 459. The number of nitrogen functional groups attached to an aromatic ring is 1. The highest BCUT2D eigenvalue weighted by atomic mass is 16.5. The molecule has 5 nitrogen and oxygen atoms in total. The molecule has 1 aromatic rings. The van der Waals surface area contributed by atoms with Crippen molar-refractivity contribution in [2.24, 2.45) is 5.92 Å². The maximum Gasteiger partial charge on any atom is 0.311 e. The van der Waals surface area contributed by atoms with Crippen LogP contribution in [0.5, 0.6) is 0 Å². The zero-order chi connectivity index (χ0) is 12.4. The smallest absolute Gasteiger partial charge is 0.311 e. The highest BCUT2D eigenvalue weighted by Crippen LogP contribution is 2.26. The number of esters is 1. The summed E-state index contributed by atoms with van der Waals surface area (Å²) in [4.78, 5) is 24.7. The van der Waals surface area contributed by atoms with E-state index in [4.69, 9.17) is 5.73 Å². The number of carbonyl (C=O) groups is 2. The third-order valence-corrected chi connectivity index (χ3v) is 2.84. The number of nitrogens with zero attached hydrogens (tertiary/aromatic N) is 1. The summed E-state index contributed by atoms with van der Waals surface area (Å²) in [5.74, 6) is -0.801. The molecule has 0 saturated carbocycles. The second-order valence-electron chi connectivity index (χ2n) is 4.02. The normalized spacial score (nSPS) is 19.5. The van der Waals surface area contributed by atoms with Gasteiger partial charge in [0.25, 0.3) is 0 Å². The Morgan fingerprint density at radius 1 is 1.53 bits per heavy atom. The summed E-state index contributed by atoms with van der Waals surface area (Å²) in [6.45, 7) is 0.356. The van der Waals surface area contributed by atoms with Gasteiger partial charge in [0.1, 0.15) is 0 Å². The SMILES string of the molecule is COC(=O)[C@H]1CC(=O)N(c2cccc(N)c2)C1. The molecule has 0 aromatic heterocycles. The zero-order valence-corrected chi connectivity index (χ0v) is 9.55. The van der Waals surface area contributed by atoms with Gasteiger partial charge in [0.15, 0.2) is 0 Å². The Kier molecular flexibility index (Phi) is 2.99. The number of anilines is 2. The number of carbonyl (C=O) groups excluding carboxylic acids is 2. The Labute approximate surface area is 99.2 Å². The fourth-order valence-electron chi connectivity index (χ4n) is 1.97. The molecule has 90 valence electrons. The maximum absolute atomic E-state index is 11.8. The third-order valence-electron chi connectivity index (χ3n) is 2.84. The molecule has 1 aliphatic heterocycles. The number of hydrogen-bond donors (Lipinski definition) is 1. The van der Waals surface area contributed by atoms with Crippen molar-refractivity contribution in [2.75, 3.05) is 24.3 Å². The Balaban J connectivity index is 2.18. The molecule has 0 radical (unpaired) electrons. The molecule has 1 aromatic carbocycles. The van der Waals surface area contributed by atoms with Crippen LogP contribution in [0.4, 0.5) is 11.4 Å². The van der Waals surface area contributed by atoms with E-state index < -0.39 is 0 Å². The van der Waals surface area contributed by atoms with Crippen molar-refractivity contribution >= 4 is 23.3 Å². The van der Waals surface area contributed by atoms with Crippen LogP contribution in [0.25, 0.3) is 0 Å². The predicted molar refractivity (Wildman–Crippen MR) is 63.3 cm³/mol. The van der Waals surface area contributed by atoms with Gasteiger partial charge in [-0.2, -0.15) is 0 Å². The molecular weight excluding hydrogens is 220 g/mol. The minimum atomic E-state index is -0.381. The van der Waals surface area contributed by atoms with E-state index in [9.17, 15) is 9.59 Å². The van der Waals surface area contributed by atoms with E-state index in [1.54, 1.807) is 29.2 Å². The molecule has 5 heteroatoms. The number of nitrogens with two attached hydrogens (primary N) is 1. The van der Waals surface area contributed by atoms with Crippen molar-refractivity contribution in [1.82, 2.24) is 0 Å². The van der Waals surface area contributed by atoms with Crippen molar-refractivity contribution in [3.63, 3.8) is 0 Å². The summed E-state index contributed by atoms with van der Waals surface area (Å²) < 4.78 is 4.65. The van der Waals surface area contributed by atoms with E-state index in [2.05, 4.69) is 4.74 Å². The van der Waals surface area contributed by atoms with E-state index in [0.717, 1.165) is 5.69 Å². The largest absolute Gasteiger partial charge is 0.469 e. The summed E-state index contributed by atoms with van der Waals surface area (Å²) in [6.07, 6.45) is 0.196. The summed E-state index contributed by atoms with van der Waals surface area (Å²) >= 11 is 0. The standard InChI is InChI=1S/C12H14N2O3/c1-17-12(16)8-5-11(15)14(7-8)10-4-2-3-9(13)6-10/h2-4,6,8H,5,7,13H2,1H3/t8-/m0/s1. The third kappa shape index (κ3) is 2.22. The first kappa shape index (κ1) is 11.4. The van der Waals surface area contributed by atoms with Crippen molar-refractivity contribution in [3.8, 4) is 0 Å². The summed E-state index contributed by atoms with van der Waals surface area (Å²) in [5, 5.41) is 0. The zero-order valence-electron chi connectivity index (χ0n) is 9.55. The number of hydrogen-bond acceptors (Lipinski definition) is 4. The van der Waals surface area contributed by atoms with E-state index in [-0.39, 0.29) is 24.2 Å². The molecule has 17 heavy (non-hydrogen) atoms. The molecule has 1 amide bonds. The fraction of sp³-hybridized carbons (Fsp3) is 0.333. The lowest BCUT2D eigenvalue weighted by molar-refractivity contribution is -0.145. The second kappa shape index (κ2) is 4.45. The monoisotopic (exact) mass is 234 g/mol. The van der Waals surface area contributed by atoms with Crippen LogP contribution in [0.2, 0.25) is 0 Å². The van der Waals surface area contributed by atoms with Gasteiger partial charge >= 0.3 is 5.97 Å². The first-order chi connectivity index (χ1) is 8.11. The van der Waals surface area contributed by atoms with Crippen LogP contribution in [0.1, 0.15) is 6.42 Å². The van der Waals surface area contributed by atoms with Gasteiger partial charge in [-0.05, 0) is 18.2 Å². The Morgan fingerprint density at radius 2 is 2.29 bits per heavy atom. The summed E-state index contributed by atoms with van der Waals surface area (Å²) in [7, 11) is 1.33. The number of amides is 1. The molecule has 1 atom stereocenters. The van der Waals surface area contributed by atoms with Gasteiger partial charge in [0.2, 0.25) is 5.91 Å². The van der Waals surface area contributed by atoms with Gasteiger partial charge in [-0.25, -0.2) is 0 Å². The Morgan fingerprint density at radius 3 is 2.94 bits per heavy atom. The molecule has 0 spiro atoms. The predicted octanol–water partition coefficient (Wildman–Crippen LogP) is 0.795. The van der Waals surface area contributed by atoms with Crippen LogP contribution in [-0.2, 0) is 14.3 Å². The molecule has 1 saturated heterocycles. The molecule has 0 bridgehead atoms. The lowest BCUT2D eigenvalue weighted by Gasteiger charge is -2.16. The van der Waals surface area contributed by atoms with Crippen molar-refractivity contribution in [1.29, 1.82) is 0 Å². The first-order valence-electron chi connectivity index (χ1n) is 5.35. The average molecular weight is 234 g/mol. The van der Waals surface area contributed by atoms with Crippen LogP contribution in [-0.4, -0.2) is 25.5 Å². The van der Waals surface area contributed by atoms with Gasteiger partial charge in [-0.3, -0.25) is 9.59 Å². The highest BCUT2D eigenvalue weighted by Gasteiger charge is 2.35. The van der Waals surface area contributed by atoms with Crippen LogP contribution >= 0.6 is 0 Å². The molecule has 2 rings (SSSR count). The first-order valence-corrected chi connectivity index (χ1v) is 5.35. The maximum atomic E-state index is 11.8. The topological polar surface area (TPSA) is 72.6 Å². The van der Waals surface area contributed by atoms with E-state index in [0.29, 0.717) is 12.2 Å².